The summed E-state index contributed by atoms with van der Waals surface area (Å²) in [6.07, 6.45) is 2.76. The molecule has 1 fully saturated rings. The number of hydrogen-bond donors (Lipinski definition) is 1. The SMILES string of the molecule is CC1CCCN1CC(C)(C)CS. The summed E-state index contributed by atoms with van der Waals surface area (Å²) in [5.41, 5.74) is 0.377. The van der Waals surface area contributed by atoms with Crippen molar-refractivity contribution in [3.8, 4) is 0 Å². The van der Waals surface area contributed by atoms with Crippen LogP contribution in [0.5, 0.6) is 0 Å². The first-order valence-corrected chi connectivity index (χ1v) is 5.53. The van der Waals surface area contributed by atoms with Gasteiger partial charge in [-0.05, 0) is 37.5 Å². The van der Waals surface area contributed by atoms with Gasteiger partial charge >= 0.3 is 0 Å². The van der Waals surface area contributed by atoms with Gasteiger partial charge < -0.3 is 4.90 Å². The number of thiol groups is 1. The molecule has 12 heavy (non-hydrogen) atoms. The van der Waals surface area contributed by atoms with Crippen LogP contribution in [-0.2, 0) is 0 Å². The van der Waals surface area contributed by atoms with E-state index in [-0.39, 0.29) is 0 Å². The Morgan fingerprint density at radius 3 is 2.58 bits per heavy atom. The average molecular weight is 187 g/mol. The minimum Gasteiger partial charge on any atom is -0.300 e. The minimum absolute atomic E-state index is 0.377. The quantitative estimate of drug-likeness (QED) is 0.664. The van der Waals surface area contributed by atoms with Crippen LogP contribution in [0.2, 0.25) is 0 Å². The fourth-order valence-corrected chi connectivity index (χ4v) is 1.93. The van der Waals surface area contributed by atoms with Gasteiger partial charge in [-0.25, -0.2) is 0 Å². The highest BCUT2D eigenvalue weighted by molar-refractivity contribution is 7.80. The molecule has 1 nitrogen and oxygen atoms in total. The van der Waals surface area contributed by atoms with E-state index < -0.39 is 0 Å². The molecule has 1 unspecified atom stereocenters. The zero-order valence-electron chi connectivity index (χ0n) is 8.51. The lowest BCUT2D eigenvalue weighted by Crippen LogP contribution is -2.37. The van der Waals surface area contributed by atoms with Crippen molar-refractivity contribution >= 4 is 12.6 Å². The second-order valence-corrected chi connectivity index (χ2v) is 5.10. The maximum Gasteiger partial charge on any atom is 0.00676 e. The molecule has 0 spiro atoms. The molecular weight excluding hydrogens is 166 g/mol. The topological polar surface area (TPSA) is 3.24 Å². The van der Waals surface area contributed by atoms with Crippen molar-refractivity contribution < 1.29 is 0 Å². The highest BCUT2D eigenvalue weighted by Gasteiger charge is 2.26. The Balaban J connectivity index is 2.39. The van der Waals surface area contributed by atoms with Crippen molar-refractivity contribution in [3.63, 3.8) is 0 Å². The molecule has 0 amide bonds. The van der Waals surface area contributed by atoms with Crippen LogP contribution in [0.25, 0.3) is 0 Å². The molecule has 1 rings (SSSR count). The van der Waals surface area contributed by atoms with Crippen molar-refractivity contribution in [2.24, 2.45) is 5.41 Å². The van der Waals surface area contributed by atoms with E-state index in [4.69, 9.17) is 0 Å². The van der Waals surface area contributed by atoms with Crippen LogP contribution in [-0.4, -0.2) is 29.8 Å². The summed E-state index contributed by atoms with van der Waals surface area (Å²) < 4.78 is 0. The molecule has 0 N–H and O–H groups in total. The third kappa shape index (κ3) is 2.67. The monoisotopic (exact) mass is 187 g/mol. The predicted molar refractivity (Wildman–Crippen MR) is 57.9 cm³/mol. The van der Waals surface area contributed by atoms with Crippen LogP contribution in [0.1, 0.15) is 33.6 Å². The summed E-state index contributed by atoms with van der Waals surface area (Å²) in [6, 6.07) is 0.796. The normalized spacial score (nSPS) is 26.5. The fourth-order valence-electron chi connectivity index (χ4n) is 1.83. The van der Waals surface area contributed by atoms with Gasteiger partial charge in [0.05, 0.1) is 0 Å². The molecular formula is C10H21NS. The summed E-state index contributed by atoms with van der Waals surface area (Å²) in [6.45, 7) is 9.42. The second-order valence-electron chi connectivity index (χ2n) is 4.78. The van der Waals surface area contributed by atoms with E-state index in [1.165, 1.54) is 25.9 Å². The molecule has 0 aromatic heterocycles. The summed E-state index contributed by atoms with van der Waals surface area (Å²) in [5.74, 6) is 0.982. The minimum atomic E-state index is 0.377. The van der Waals surface area contributed by atoms with E-state index in [1.807, 2.05) is 0 Å². The van der Waals surface area contributed by atoms with Crippen molar-refractivity contribution in [2.75, 3.05) is 18.8 Å². The Bertz CT molecular complexity index is 145. The highest BCUT2D eigenvalue weighted by Crippen LogP contribution is 2.24. The standard InChI is InChI=1S/C10H21NS/c1-9-5-4-6-11(9)7-10(2,3)8-12/h9,12H,4-8H2,1-3H3. The van der Waals surface area contributed by atoms with Crippen molar-refractivity contribution in [3.05, 3.63) is 0 Å². The maximum absolute atomic E-state index is 4.38. The third-order valence-electron chi connectivity index (χ3n) is 2.75. The van der Waals surface area contributed by atoms with Crippen molar-refractivity contribution in [1.82, 2.24) is 4.90 Å². The lowest BCUT2D eigenvalue weighted by molar-refractivity contribution is 0.189. The van der Waals surface area contributed by atoms with Gasteiger partial charge in [-0.2, -0.15) is 12.6 Å². The smallest absolute Gasteiger partial charge is 0.00676 e. The summed E-state index contributed by atoms with van der Waals surface area (Å²) in [5, 5.41) is 0. The van der Waals surface area contributed by atoms with Crippen molar-refractivity contribution in [2.45, 2.75) is 39.7 Å². The molecule has 1 aliphatic rings. The Hall–Kier alpha value is 0.310. The lowest BCUT2D eigenvalue weighted by Gasteiger charge is -2.31. The van der Waals surface area contributed by atoms with Gasteiger partial charge in [0.15, 0.2) is 0 Å². The van der Waals surface area contributed by atoms with Crippen LogP contribution >= 0.6 is 12.6 Å². The van der Waals surface area contributed by atoms with Crippen molar-refractivity contribution in [1.29, 1.82) is 0 Å². The van der Waals surface area contributed by atoms with Gasteiger partial charge in [0.25, 0.3) is 0 Å². The van der Waals surface area contributed by atoms with Crippen LogP contribution in [0.4, 0.5) is 0 Å². The molecule has 0 aromatic rings. The fraction of sp³-hybridized carbons (Fsp3) is 1.00. The summed E-state index contributed by atoms with van der Waals surface area (Å²) in [4.78, 5) is 2.59. The molecule has 0 aromatic carbocycles. The van der Waals surface area contributed by atoms with Crippen LogP contribution in [0.3, 0.4) is 0 Å². The Labute approximate surface area is 81.9 Å². The predicted octanol–water partition coefficient (Wildman–Crippen LogP) is 2.43. The molecule has 0 bridgehead atoms. The van der Waals surface area contributed by atoms with Gasteiger partial charge in [0.1, 0.15) is 0 Å². The molecule has 0 aliphatic carbocycles. The number of hydrogen-bond acceptors (Lipinski definition) is 2. The average Bonchev–Trinajstić information content (AvgIpc) is 2.36. The van der Waals surface area contributed by atoms with Crippen LogP contribution < -0.4 is 0 Å². The number of nitrogens with zero attached hydrogens (tertiary/aromatic N) is 1. The highest BCUT2D eigenvalue weighted by atomic mass is 32.1. The van der Waals surface area contributed by atoms with Crippen LogP contribution in [0.15, 0.2) is 0 Å². The van der Waals surface area contributed by atoms with E-state index in [2.05, 4.69) is 38.3 Å². The Morgan fingerprint density at radius 2 is 2.17 bits per heavy atom. The first kappa shape index (κ1) is 10.4. The molecule has 1 saturated heterocycles. The third-order valence-corrected chi connectivity index (χ3v) is 3.61. The summed E-state index contributed by atoms with van der Waals surface area (Å²) >= 11 is 4.38. The zero-order valence-corrected chi connectivity index (χ0v) is 9.40. The largest absolute Gasteiger partial charge is 0.300 e. The number of rotatable bonds is 3. The zero-order chi connectivity index (χ0) is 9.19. The first-order valence-electron chi connectivity index (χ1n) is 4.90. The van der Waals surface area contributed by atoms with E-state index >= 15 is 0 Å². The molecule has 2 heteroatoms. The number of likely N-dealkylation sites (tertiary alicyclic amines) is 1. The van der Waals surface area contributed by atoms with E-state index in [0.717, 1.165) is 11.8 Å². The Morgan fingerprint density at radius 1 is 1.50 bits per heavy atom. The van der Waals surface area contributed by atoms with E-state index in [1.54, 1.807) is 0 Å². The second kappa shape index (κ2) is 4.01. The Kier molecular flexibility index (Phi) is 3.47. The van der Waals surface area contributed by atoms with Crippen LogP contribution in [0, 0.1) is 5.41 Å². The first-order chi connectivity index (χ1) is 5.55. The summed E-state index contributed by atoms with van der Waals surface area (Å²) in [7, 11) is 0. The van der Waals surface area contributed by atoms with E-state index in [9.17, 15) is 0 Å². The molecule has 1 atom stereocenters. The van der Waals surface area contributed by atoms with E-state index in [0.29, 0.717) is 5.41 Å². The molecule has 1 aliphatic heterocycles. The molecule has 72 valence electrons. The maximum atomic E-state index is 4.38. The van der Waals surface area contributed by atoms with Gasteiger partial charge in [-0.3, -0.25) is 0 Å². The molecule has 0 radical (unpaired) electrons. The van der Waals surface area contributed by atoms with Gasteiger partial charge in [0.2, 0.25) is 0 Å². The lowest BCUT2D eigenvalue weighted by atomic mass is 9.95. The van der Waals surface area contributed by atoms with Gasteiger partial charge in [-0.15, -0.1) is 0 Å². The molecule has 0 saturated carbocycles. The molecule has 1 heterocycles. The van der Waals surface area contributed by atoms with Gasteiger partial charge in [0, 0.05) is 12.6 Å². The van der Waals surface area contributed by atoms with Gasteiger partial charge in [-0.1, -0.05) is 13.8 Å².